The fourth-order valence-electron chi connectivity index (χ4n) is 1.92. The molecule has 3 aromatic rings. The maximum atomic E-state index is 10.3. The van der Waals surface area contributed by atoms with Crippen molar-refractivity contribution in [1.29, 1.82) is 0 Å². The molecule has 1 N–H and O–H groups in total. The smallest absolute Gasteiger partial charge is 0.106 e. The van der Waals surface area contributed by atoms with Gasteiger partial charge in [0, 0.05) is 23.3 Å². The lowest BCUT2D eigenvalue weighted by Crippen LogP contribution is -2.00. The molecule has 3 rings (SSSR count). The van der Waals surface area contributed by atoms with Gasteiger partial charge in [0.05, 0.1) is 11.7 Å². The van der Waals surface area contributed by atoms with E-state index in [4.69, 9.17) is 0 Å². The average molecular weight is 237 g/mol. The SMILES string of the molecule is OC(c1ccnnc1)c1ccc2ncccc2c1. The van der Waals surface area contributed by atoms with E-state index in [1.807, 2.05) is 30.3 Å². The van der Waals surface area contributed by atoms with Crippen molar-refractivity contribution in [2.75, 3.05) is 0 Å². The van der Waals surface area contributed by atoms with Crippen molar-refractivity contribution < 1.29 is 5.11 Å². The summed E-state index contributed by atoms with van der Waals surface area (Å²) in [5.41, 5.74) is 2.47. The number of hydrogen-bond acceptors (Lipinski definition) is 4. The molecule has 1 aromatic carbocycles. The fourth-order valence-corrected chi connectivity index (χ4v) is 1.92. The lowest BCUT2D eigenvalue weighted by Gasteiger charge is -2.11. The quantitative estimate of drug-likeness (QED) is 0.741. The minimum atomic E-state index is -0.690. The van der Waals surface area contributed by atoms with Crippen molar-refractivity contribution in [1.82, 2.24) is 15.2 Å². The maximum Gasteiger partial charge on any atom is 0.106 e. The van der Waals surface area contributed by atoms with Crippen LogP contribution in [0.4, 0.5) is 0 Å². The van der Waals surface area contributed by atoms with Gasteiger partial charge in [0.2, 0.25) is 0 Å². The van der Waals surface area contributed by atoms with E-state index in [0.29, 0.717) is 0 Å². The van der Waals surface area contributed by atoms with Crippen LogP contribution in [0.5, 0.6) is 0 Å². The first-order valence-electron chi connectivity index (χ1n) is 5.64. The second-order valence-corrected chi connectivity index (χ2v) is 4.03. The number of fused-ring (bicyclic) bond motifs is 1. The number of aliphatic hydroxyl groups is 1. The third-order valence-electron chi connectivity index (χ3n) is 2.87. The summed E-state index contributed by atoms with van der Waals surface area (Å²) in [7, 11) is 0. The normalized spacial score (nSPS) is 12.5. The highest BCUT2D eigenvalue weighted by molar-refractivity contribution is 5.79. The third kappa shape index (κ3) is 1.94. The van der Waals surface area contributed by atoms with Crippen LogP contribution < -0.4 is 0 Å². The molecule has 0 saturated heterocycles. The molecule has 0 fully saturated rings. The van der Waals surface area contributed by atoms with Crippen LogP contribution in [-0.2, 0) is 0 Å². The Labute approximate surface area is 104 Å². The first-order chi connectivity index (χ1) is 8.84. The molecule has 0 aliphatic rings. The van der Waals surface area contributed by atoms with E-state index in [-0.39, 0.29) is 0 Å². The Morgan fingerprint density at radius 2 is 1.89 bits per heavy atom. The lowest BCUT2D eigenvalue weighted by atomic mass is 10.0. The van der Waals surface area contributed by atoms with Crippen molar-refractivity contribution in [2.45, 2.75) is 6.10 Å². The standard InChI is InChI=1S/C14H11N3O/c18-14(12-5-7-16-17-9-12)11-3-4-13-10(8-11)2-1-6-15-13/h1-9,14,18H. The van der Waals surface area contributed by atoms with Crippen LogP contribution in [0, 0.1) is 0 Å². The zero-order chi connectivity index (χ0) is 12.4. The van der Waals surface area contributed by atoms with Crippen molar-refractivity contribution >= 4 is 10.9 Å². The number of aromatic nitrogens is 3. The van der Waals surface area contributed by atoms with Gasteiger partial charge in [-0.3, -0.25) is 4.98 Å². The second kappa shape index (κ2) is 4.50. The van der Waals surface area contributed by atoms with Gasteiger partial charge in [0.25, 0.3) is 0 Å². The summed E-state index contributed by atoms with van der Waals surface area (Å²) in [5.74, 6) is 0. The van der Waals surface area contributed by atoms with Gasteiger partial charge >= 0.3 is 0 Å². The number of hydrogen-bond donors (Lipinski definition) is 1. The molecule has 0 bridgehead atoms. The molecule has 2 aromatic heterocycles. The molecule has 88 valence electrons. The number of benzene rings is 1. The zero-order valence-electron chi connectivity index (χ0n) is 9.56. The van der Waals surface area contributed by atoms with Crippen LogP contribution in [0.1, 0.15) is 17.2 Å². The van der Waals surface area contributed by atoms with Crippen molar-refractivity contribution in [3.63, 3.8) is 0 Å². The molecule has 0 aliphatic heterocycles. The summed E-state index contributed by atoms with van der Waals surface area (Å²) in [6.07, 6.45) is 4.20. The molecule has 0 amide bonds. The Balaban J connectivity index is 2.04. The highest BCUT2D eigenvalue weighted by Gasteiger charge is 2.11. The van der Waals surface area contributed by atoms with Gasteiger partial charge in [0.1, 0.15) is 6.10 Å². The summed E-state index contributed by atoms with van der Waals surface area (Å²) in [6, 6.07) is 11.3. The first kappa shape index (κ1) is 10.8. The van der Waals surface area contributed by atoms with E-state index >= 15 is 0 Å². The van der Waals surface area contributed by atoms with Crippen molar-refractivity contribution in [2.24, 2.45) is 0 Å². The molecular weight excluding hydrogens is 226 g/mol. The molecule has 1 unspecified atom stereocenters. The van der Waals surface area contributed by atoms with Gasteiger partial charge in [-0.15, -0.1) is 0 Å². The van der Waals surface area contributed by atoms with E-state index in [9.17, 15) is 5.11 Å². The van der Waals surface area contributed by atoms with Crippen LogP contribution in [0.3, 0.4) is 0 Å². The van der Waals surface area contributed by atoms with Gasteiger partial charge in [-0.1, -0.05) is 12.1 Å². The van der Waals surface area contributed by atoms with Crippen molar-refractivity contribution in [3.05, 3.63) is 66.1 Å². The summed E-state index contributed by atoms with van der Waals surface area (Å²) in [6.45, 7) is 0. The largest absolute Gasteiger partial charge is 0.384 e. The van der Waals surface area contributed by atoms with E-state index < -0.39 is 6.10 Å². The molecule has 18 heavy (non-hydrogen) atoms. The van der Waals surface area contributed by atoms with Crippen LogP contribution >= 0.6 is 0 Å². The third-order valence-corrected chi connectivity index (χ3v) is 2.87. The molecule has 4 nitrogen and oxygen atoms in total. The van der Waals surface area contributed by atoms with E-state index in [2.05, 4.69) is 15.2 Å². The minimum absolute atomic E-state index is 0.690. The Morgan fingerprint density at radius 3 is 2.72 bits per heavy atom. The number of aliphatic hydroxyl groups excluding tert-OH is 1. The predicted octanol–water partition coefficient (Wildman–Crippen LogP) is 2.11. The van der Waals surface area contributed by atoms with Gasteiger partial charge in [0.15, 0.2) is 0 Å². The van der Waals surface area contributed by atoms with Crippen LogP contribution in [-0.4, -0.2) is 20.3 Å². The Morgan fingerprint density at radius 1 is 0.944 bits per heavy atom. The number of rotatable bonds is 2. The highest BCUT2D eigenvalue weighted by Crippen LogP contribution is 2.23. The molecular formula is C14H11N3O. The van der Waals surface area contributed by atoms with Crippen LogP contribution in [0.25, 0.3) is 10.9 Å². The second-order valence-electron chi connectivity index (χ2n) is 4.03. The minimum Gasteiger partial charge on any atom is -0.384 e. The topological polar surface area (TPSA) is 58.9 Å². The maximum absolute atomic E-state index is 10.3. The summed E-state index contributed by atoms with van der Waals surface area (Å²) >= 11 is 0. The van der Waals surface area contributed by atoms with E-state index in [1.54, 1.807) is 24.7 Å². The molecule has 2 heterocycles. The van der Waals surface area contributed by atoms with Crippen LogP contribution in [0.2, 0.25) is 0 Å². The Kier molecular flexibility index (Phi) is 2.70. The van der Waals surface area contributed by atoms with Crippen LogP contribution in [0.15, 0.2) is 55.0 Å². The number of pyridine rings is 1. The van der Waals surface area contributed by atoms with Gasteiger partial charge in [-0.2, -0.15) is 10.2 Å². The van der Waals surface area contributed by atoms with Gasteiger partial charge < -0.3 is 5.11 Å². The summed E-state index contributed by atoms with van der Waals surface area (Å²) < 4.78 is 0. The Bertz CT molecular complexity index is 670. The molecule has 0 saturated carbocycles. The monoisotopic (exact) mass is 237 g/mol. The first-order valence-corrected chi connectivity index (χ1v) is 5.64. The molecule has 0 spiro atoms. The van der Waals surface area contributed by atoms with E-state index in [1.165, 1.54) is 0 Å². The van der Waals surface area contributed by atoms with Gasteiger partial charge in [-0.25, -0.2) is 0 Å². The molecule has 4 heteroatoms. The zero-order valence-corrected chi connectivity index (χ0v) is 9.56. The molecule has 1 atom stereocenters. The molecule has 0 aliphatic carbocycles. The van der Waals surface area contributed by atoms with E-state index in [0.717, 1.165) is 22.0 Å². The lowest BCUT2D eigenvalue weighted by molar-refractivity contribution is 0.220. The number of nitrogens with zero attached hydrogens (tertiary/aromatic N) is 3. The van der Waals surface area contributed by atoms with Crippen molar-refractivity contribution in [3.8, 4) is 0 Å². The summed E-state index contributed by atoms with van der Waals surface area (Å²) in [4.78, 5) is 4.25. The fraction of sp³-hybridized carbons (Fsp3) is 0.0714. The Hall–Kier alpha value is -2.33. The average Bonchev–Trinajstić information content (AvgIpc) is 2.47. The predicted molar refractivity (Wildman–Crippen MR) is 67.8 cm³/mol. The molecule has 0 radical (unpaired) electrons. The highest BCUT2D eigenvalue weighted by atomic mass is 16.3. The van der Waals surface area contributed by atoms with Gasteiger partial charge in [-0.05, 0) is 29.8 Å². The summed E-state index contributed by atoms with van der Waals surface area (Å²) in [5, 5.41) is 18.7.